The third-order valence-corrected chi connectivity index (χ3v) is 8.70. The summed E-state index contributed by atoms with van der Waals surface area (Å²) in [5.41, 5.74) is -2.79. The second-order valence-electron chi connectivity index (χ2n) is 11.8. The zero-order valence-corrected chi connectivity index (χ0v) is 26.1. The van der Waals surface area contributed by atoms with Crippen molar-refractivity contribution in [3.63, 3.8) is 0 Å². The van der Waals surface area contributed by atoms with Crippen molar-refractivity contribution in [1.82, 2.24) is 20.5 Å². The minimum atomic E-state index is -4.68. The number of nitrogens with one attached hydrogen (secondary N) is 3. The second kappa shape index (κ2) is 14.5. The van der Waals surface area contributed by atoms with Crippen LogP contribution in [0.5, 0.6) is 0 Å². The molecule has 0 spiro atoms. The molecule has 4 atom stereocenters. The Labute approximate surface area is 277 Å². The summed E-state index contributed by atoms with van der Waals surface area (Å²) in [6, 6.07) is 6.06. The number of hydrogen-bond acceptors (Lipinski definition) is 7. The lowest BCUT2D eigenvalue weighted by molar-refractivity contribution is -0.138. The minimum Gasteiger partial charge on any atom is -0.453 e. The average Bonchev–Trinajstić information content (AvgIpc) is 3.71. The number of methoxy groups -OCH3 is 1. The molecule has 2 aromatic heterocycles. The lowest BCUT2D eigenvalue weighted by Gasteiger charge is -2.38. The number of piperidine rings is 2. The number of nitrogens with zero attached hydrogens (tertiary/aromatic N) is 1. The molecular weight excluding hydrogens is 688 g/mol. The van der Waals surface area contributed by atoms with Gasteiger partial charge >= 0.3 is 18.4 Å². The first-order valence-electron chi connectivity index (χ1n) is 15.2. The van der Waals surface area contributed by atoms with Gasteiger partial charge in [0.2, 0.25) is 0 Å². The summed E-state index contributed by atoms with van der Waals surface area (Å²) < 4.78 is 120. The van der Waals surface area contributed by atoms with Gasteiger partial charge in [-0.1, -0.05) is 12.1 Å². The van der Waals surface area contributed by atoms with Crippen LogP contribution >= 0.6 is 0 Å². The fraction of sp³-hybridized carbons (Fsp3) is 0.406. The Morgan fingerprint density at radius 3 is 1.76 bits per heavy atom. The first-order chi connectivity index (χ1) is 23.5. The fourth-order valence-electron chi connectivity index (χ4n) is 6.22. The van der Waals surface area contributed by atoms with E-state index in [1.165, 1.54) is 24.1 Å². The van der Waals surface area contributed by atoms with E-state index in [2.05, 4.69) is 15.6 Å². The van der Waals surface area contributed by atoms with Gasteiger partial charge in [0, 0.05) is 47.7 Å². The van der Waals surface area contributed by atoms with Crippen LogP contribution in [-0.2, 0) is 17.1 Å². The van der Waals surface area contributed by atoms with Crippen molar-refractivity contribution < 1.29 is 53.7 Å². The van der Waals surface area contributed by atoms with Gasteiger partial charge in [-0.25, -0.2) is 13.6 Å². The number of amides is 1. The monoisotopic (exact) mass is 718 g/mol. The third-order valence-electron chi connectivity index (χ3n) is 8.70. The van der Waals surface area contributed by atoms with Crippen LogP contribution in [0.2, 0.25) is 0 Å². The molecular formula is C32H30F8N4O6. The summed E-state index contributed by atoms with van der Waals surface area (Å²) in [6.07, 6.45) is -8.25. The first kappa shape index (κ1) is 36.4. The number of aromatic amines is 2. The Balaban J connectivity index is 0.000000197. The van der Waals surface area contributed by atoms with E-state index in [0.717, 1.165) is 24.3 Å². The van der Waals surface area contributed by atoms with Gasteiger partial charge in [-0.3, -0.25) is 9.59 Å². The quantitative estimate of drug-likeness (QED) is 0.191. The van der Waals surface area contributed by atoms with E-state index in [1.807, 2.05) is 0 Å². The summed E-state index contributed by atoms with van der Waals surface area (Å²) >= 11 is 0. The Kier molecular flexibility index (Phi) is 10.6. The number of carbonyl (C=O) groups is 1. The summed E-state index contributed by atoms with van der Waals surface area (Å²) in [5.74, 6) is -1.54. The summed E-state index contributed by atoms with van der Waals surface area (Å²) in [4.78, 5) is 35.7. The van der Waals surface area contributed by atoms with Gasteiger partial charge < -0.3 is 24.0 Å². The second-order valence-corrected chi connectivity index (χ2v) is 11.8. The highest BCUT2D eigenvalue weighted by Crippen LogP contribution is 2.42. The maximum Gasteiger partial charge on any atom is 0.416 e. The van der Waals surface area contributed by atoms with E-state index in [4.69, 9.17) is 13.8 Å². The van der Waals surface area contributed by atoms with Gasteiger partial charge in [0.25, 0.3) is 11.1 Å². The molecule has 6 rings (SSSR count). The zero-order valence-electron chi connectivity index (χ0n) is 26.1. The molecule has 18 heteroatoms. The number of likely N-dealkylation sites (tertiary alicyclic amines) is 1. The molecule has 3 N–H and O–H groups in total. The number of benzene rings is 2. The SMILES string of the molecule is COC(=O)N1CCC(c2cc(=O)[nH]o2)CC1c1ccc(C(F)(F)F)cc1F.O=c1cc([C@H]2CCN[C@H](c3ccc(C(F)(F)F)cc3F)C2)o[nH]1. The predicted octanol–water partition coefficient (Wildman–Crippen LogP) is 7.15. The molecule has 4 aromatic rings. The van der Waals surface area contributed by atoms with Crippen molar-refractivity contribution in [2.45, 2.75) is 62.0 Å². The van der Waals surface area contributed by atoms with Crippen molar-refractivity contribution >= 4 is 6.09 Å². The standard InChI is InChI=1S/C17H16F4N2O4.C15H14F4N2O2/c1-26-16(25)23-5-4-9(14-8-15(24)22-27-14)6-13(23)11-3-2-10(7-12(11)18)17(19,20)21;16-11-6-9(15(17,18)19)1-2-10(11)12-5-8(3-4-20-12)13-7-14(22)21-23-13/h2-3,7-9,13H,4-6H2,1H3,(H,22,24);1-2,6-8,12,20H,3-5H2,(H,21,22)/t;8-,12-/m.0/s1. The minimum absolute atomic E-state index is 0.0593. The lowest BCUT2D eigenvalue weighted by Crippen LogP contribution is -2.40. The number of alkyl halides is 6. The Bertz CT molecular complexity index is 1910. The molecule has 0 bridgehead atoms. The Morgan fingerprint density at radius 2 is 1.30 bits per heavy atom. The predicted molar refractivity (Wildman–Crippen MR) is 158 cm³/mol. The van der Waals surface area contributed by atoms with E-state index < -0.39 is 58.9 Å². The highest BCUT2D eigenvalue weighted by molar-refractivity contribution is 5.68. The lowest BCUT2D eigenvalue weighted by atomic mass is 9.85. The van der Waals surface area contributed by atoms with Gasteiger partial charge in [-0.15, -0.1) is 0 Å². The smallest absolute Gasteiger partial charge is 0.416 e. The average molecular weight is 719 g/mol. The Hall–Kier alpha value is -4.87. The molecule has 0 saturated carbocycles. The molecule has 2 unspecified atom stereocenters. The van der Waals surface area contributed by atoms with Gasteiger partial charge in [0.05, 0.1) is 24.3 Å². The van der Waals surface area contributed by atoms with Crippen LogP contribution < -0.4 is 16.4 Å². The maximum absolute atomic E-state index is 14.5. The van der Waals surface area contributed by atoms with Crippen molar-refractivity contribution in [2.75, 3.05) is 20.2 Å². The van der Waals surface area contributed by atoms with Crippen molar-refractivity contribution in [3.05, 3.63) is 115 Å². The van der Waals surface area contributed by atoms with Crippen LogP contribution in [0.25, 0.3) is 0 Å². The molecule has 2 aliphatic heterocycles. The van der Waals surface area contributed by atoms with Crippen molar-refractivity contribution in [1.29, 1.82) is 0 Å². The van der Waals surface area contributed by atoms with E-state index in [9.17, 15) is 49.5 Å². The molecule has 4 heterocycles. The van der Waals surface area contributed by atoms with Gasteiger partial charge in [-0.2, -0.15) is 36.7 Å². The van der Waals surface area contributed by atoms with Crippen LogP contribution in [0.4, 0.5) is 39.9 Å². The molecule has 2 aromatic carbocycles. The van der Waals surface area contributed by atoms with E-state index in [1.54, 1.807) is 0 Å². The topological polar surface area (TPSA) is 134 Å². The zero-order chi connectivity index (χ0) is 36.4. The highest BCUT2D eigenvalue weighted by Gasteiger charge is 2.38. The van der Waals surface area contributed by atoms with Gasteiger partial charge in [-0.05, 0) is 56.5 Å². The highest BCUT2D eigenvalue weighted by atomic mass is 19.4. The molecule has 1 amide bonds. The summed E-state index contributed by atoms with van der Waals surface area (Å²) in [5, 5.41) is 7.46. The number of halogens is 8. The number of rotatable bonds is 4. The fourth-order valence-corrected chi connectivity index (χ4v) is 6.22. The van der Waals surface area contributed by atoms with Crippen LogP contribution in [0.1, 0.15) is 83.4 Å². The number of hydrogen-bond donors (Lipinski definition) is 3. The Morgan fingerprint density at radius 1 is 0.780 bits per heavy atom. The van der Waals surface area contributed by atoms with Gasteiger partial charge in [0.1, 0.15) is 23.2 Å². The molecule has 50 heavy (non-hydrogen) atoms. The van der Waals surface area contributed by atoms with Crippen LogP contribution in [0.15, 0.2) is 67.2 Å². The number of carbonyl (C=O) groups excluding carboxylic acids is 1. The third kappa shape index (κ3) is 8.28. The maximum atomic E-state index is 14.5. The molecule has 0 aliphatic carbocycles. The van der Waals surface area contributed by atoms with E-state index >= 15 is 0 Å². The molecule has 10 nitrogen and oxygen atoms in total. The van der Waals surface area contributed by atoms with Crippen molar-refractivity contribution in [3.8, 4) is 0 Å². The van der Waals surface area contributed by atoms with Gasteiger partial charge in [0.15, 0.2) is 0 Å². The molecule has 2 saturated heterocycles. The first-order valence-corrected chi connectivity index (χ1v) is 15.2. The van der Waals surface area contributed by atoms with Crippen LogP contribution in [0.3, 0.4) is 0 Å². The summed E-state index contributed by atoms with van der Waals surface area (Å²) in [6.45, 7) is 0.710. The van der Waals surface area contributed by atoms with Crippen LogP contribution in [-0.4, -0.2) is 41.5 Å². The molecule has 270 valence electrons. The van der Waals surface area contributed by atoms with Crippen molar-refractivity contribution in [2.24, 2.45) is 0 Å². The molecule has 2 fully saturated rings. The van der Waals surface area contributed by atoms with Crippen LogP contribution in [0, 0.1) is 11.6 Å². The molecule has 2 aliphatic rings. The van der Waals surface area contributed by atoms with E-state index in [0.29, 0.717) is 49.5 Å². The number of aromatic nitrogens is 2. The van der Waals surface area contributed by atoms with E-state index in [-0.39, 0.29) is 41.5 Å². The normalized spacial score (nSPS) is 21.3. The summed E-state index contributed by atoms with van der Waals surface area (Å²) in [7, 11) is 1.17. The number of H-pyrrole nitrogens is 2. The molecule has 0 radical (unpaired) electrons. The number of ether oxygens (including phenoxy) is 1. The largest absolute Gasteiger partial charge is 0.453 e.